The lowest BCUT2D eigenvalue weighted by atomic mass is 10.0. The van der Waals surface area contributed by atoms with E-state index in [1.807, 2.05) is 0 Å². The fraction of sp³-hybridized carbons (Fsp3) is 0.684. The van der Waals surface area contributed by atoms with Crippen molar-refractivity contribution in [1.29, 1.82) is 0 Å². The van der Waals surface area contributed by atoms with Gasteiger partial charge in [0.25, 0.3) is 0 Å². The summed E-state index contributed by atoms with van der Waals surface area (Å²) in [4.78, 5) is 4.48. The van der Waals surface area contributed by atoms with Gasteiger partial charge in [-0.2, -0.15) is 0 Å². The molecule has 0 spiro atoms. The number of benzene rings is 1. The van der Waals surface area contributed by atoms with Crippen LogP contribution in [0.1, 0.15) is 31.2 Å². The largest absolute Gasteiger partial charge is 0.493 e. The summed E-state index contributed by atoms with van der Waals surface area (Å²) in [6, 6.07) is 3.06. The first kappa shape index (κ1) is 18.4. The van der Waals surface area contributed by atoms with Crippen LogP contribution in [0.3, 0.4) is 0 Å². The van der Waals surface area contributed by atoms with E-state index >= 15 is 0 Å². The summed E-state index contributed by atoms with van der Waals surface area (Å²) in [5.74, 6) is 0.623. The van der Waals surface area contributed by atoms with Crippen LogP contribution < -0.4 is 9.47 Å². The Bertz CT molecular complexity index is 592. The molecule has 5 nitrogen and oxygen atoms in total. The summed E-state index contributed by atoms with van der Waals surface area (Å²) in [7, 11) is 3.05. The van der Waals surface area contributed by atoms with E-state index < -0.39 is 5.60 Å². The van der Waals surface area contributed by atoms with Crippen molar-refractivity contribution in [2.24, 2.45) is 0 Å². The average Bonchev–Trinajstić information content (AvgIpc) is 2.97. The number of halogens is 1. The number of aliphatic hydroxyl groups is 1. The Labute approximate surface area is 149 Å². The molecule has 0 radical (unpaired) electrons. The fourth-order valence-corrected chi connectivity index (χ4v) is 4.00. The lowest BCUT2D eigenvalue weighted by Crippen LogP contribution is -2.46. The third-order valence-electron chi connectivity index (χ3n) is 5.32. The fourth-order valence-electron chi connectivity index (χ4n) is 4.00. The van der Waals surface area contributed by atoms with Crippen LogP contribution in [0, 0.1) is 5.82 Å². The van der Waals surface area contributed by atoms with E-state index in [4.69, 9.17) is 9.47 Å². The monoisotopic (exact) mass is 352 g/mol. The van der Waals surface area contributed by atoms with E-state index in [0.717, 1.165) is 32.6 Å². The normalized spacial score (nSPS) is 25.3. The molecule has 1 aromatic carbocycles. The highest BCUT2D eigenvalue weighted by Crippen LogP contribution is 2.32. The number of β-amino-alcohol motifs (C(OH)–C–C–N with tert-alkyl or cyclic N) is 1. The number of piperidine rings is 1. The molecular formula is C19H29FN2O3. The lowest BCUT2D eigenvalue weighted by Gasteiger charge is -2.33. The molecule has 1 atom stereocenters. The van der Waals surface area contributed by atoms with Gasteiger partial charge in [0.2, 0.25) is 0 Å². The van der Waals surface area contributed by atoms with Crippen LogP contribution in [0.15, 0.2) is 12.1 Å². The number of hydrogen-bond donors (Lipinski definition) is 1. The first-order valence-corrected chi connectivity index (χ1v) is 9.10. The van der Waals surface area contributed by atoms with Crippen molar-refractivity contribution < 1.29 is 19.0 Å². The van der Waals surface area contributed by atoms with Crippen LogP contribution in [0.5, 0.6) is 11.5 Å². The number of hydrogen-bond acceptors (Lipinski definition) is 5. The first-order valence-electron chi connectivity index (χ1n) is 9.10. The summed E-state index contributed by atoms with van der Waals surface area (Å²) < 4.78 is 24.7. The van der Waals surface area contributed by atoms with E-state index in [9.17, 15) is 9.50 Å². The van der Waals surface area contributed by atoms with E-state index in [0.29, 0.717) is 30.2 Å². The van der Waals surface area contributed by atoms with E-state index in [2.05, 4.69) is 9.80 Å². The van der Waals surface area contributed by atoms with E-state index in [1.165, 1.54) is 32.4 Å². The lowest BCUT2D eigenvalue weighted by molar-refractivity contribution is 0.00627. The quantitative estimate of drug-likeness (QED) is 0.851. The van der Waals surface area contributed by atoms with Gasteiger partial charge in [-0.05, 0) is 38.4 Å². The van der Waals surface area contributed by atoms with Gasteiger partial charge in [-0.15, -0.1) is 0 Å². The highest BCUT2D eigenvalue weighted by molar-refractivity contribution is 5.43. The van der Waals surface area contributed by atoms with Crippen molar-refractivity contribution in [3.63, 3.8) is 0 Å². The molecule has 0 aliphatic carbocycles. The molecule has 2 heterocycles. The Morgan fingerprint density at radius 1 is 1.04 bits per heavy atom. The summed E-state index contributed by atoms with van der Waals surface area (Å²) in [5.41, 5.74) is -0.121. The van der Waals surface area contributed by atoms with Crippen LogP contribution in [0.4, 0.5) is 4.39 Å². The zero-order chi connectivity index (χ0) is 17.9. The van der Waals surface area contributed by atoms with E-state index in [1.54, 1.807) is 13.2 Å². The smallest absolute Gasteiger partial charge is 0.163 e. The number of rotatable bonds is 6. The predicted octanol–water partition coefficient (Wildman–Crippen LogP) is 2.27. The Morgan fingerprint density at radius 2 is 1.72 bits per heavy atom. The standard InChI is InChI=1S/C19H29FN2O3/c1-24-17-10-15(16(20)11-18(17)25-2)12-22-9-6-19(23,14-22)13-21-7-4-3-5-8-21/h10-11,23H,3-9,12-14H2,1-2H3/t19-/m0/s1. The van der Waals surface area contributed by atoms with Gasteiger partial charge in [-0.1, -0.05) is 6.42 Å². The highest BCUT2D eigenvalue weighted by atomic mass is 19.1. The number of ether oxygens (including phenoxy) is 2. The average molecular weight is 352 g/mol. The Hall–Kier alpha value is -1.37. The molecule has 1 aromatic rings. The van der Waals surface area contributed by atoms with Crippen molar-refractivity contribution in [2.75, 3.05) is 46.9 Å². The summed E-state index contributed by atoms with van der Waals surface area (Å²) in [6.45, 7) is 4.70. The molecule has 6 heteroatoms. The van der Waals surface area contributed by atoms with Crippen LogP contribution in [-0.2, 0) is 6.54 Å². The van der Waals surface area contributed by atoms with E-state index in [-0.39, 0.29) is 5.82 Å². The molecule has 0 bridgehead atoms. The molecular weight excluding hydrogens is 323 g/mol. The zero-order valence-electron chi connectivity index (χ0n) is 15.3. The Morgan fingerprint density at radius 3 is 2.40 bits per heavy atom. The molecule has 2 saturated heterocycles. The number of likely N-dealkylation sites (tertiary alicyclic amines) is 2. The minimum Gasteiger partial charge on any atom is -0.493 e. The maximum Gasteiger partial charge on any atom is 0.163 e. The Kier molecular flexibility index (Phi) is 5.81. The second-order valence-electron chi connectivity index (χ2n) is 7.32. The molecule has 1 N–H and O–H groups in total. The molecule has 0 unspecified atom stereocenters. The molecule has 0 aromatic heterocycles. The maximum absolute atomic E-state index is 14.3. The minimum atomic E-state index is -0.690. The van der Waals surface area contributed by atoms with Gasteiger partial charge >= 0.3 is 0 Å². The van der Waals surface area contributed by atoms with Crippen LogP contribution >= 0.6 is 0 Å². The molecule has 0 amide bonds. The molecule has 0 saturated carbocycles. The van der Waals surface area contributed by atoms with Crippen LogP contribution in [-0.4, -0.2) is 67.5 Å². The molecule has 2 fully saturated rings. The van der Waals surface area contributed by atoms with Crippen LogP contribution in [0.25, 0.3) is 0 Å². The van der Waals surface area contributed by atoms with Crippen LogP contribution in [0.2, 0.25) is 0 Å². The topological polar surface area (TPSA) is 45.2 Å². The summed E-state index contributed by atoms with van der Waals surface area (Å²) in [6.07, 6.45) is 4.46. The van der Waals surface area contributed by atoms with Gasteiger partial charge in [-0.25, -0.2) is 4.39 Å². The minimum absolute atomic E-state index is 0.302. The van der Waals surface area contributed by atoms with Crippen molar-refractivity contribution in [2.45, 2.75) is 37.8 Å². The summed E-state index contributed by atoms with van der Waals surface area (Å²) >= 11 is 0. The van der Waals surface area contributed by atoms with Gasteiger partial charge in [0.15, 0.2) is 11.5 Å². The van der Waals surface area contributed by atoms with Crippen molar-refractivity contribution in [1.82, 2.24) is 9.80 Å². The van der Waals surface area contributed by atoms with Gasteiger partial charge in [0, 0.05) is 37.8 Å². The molecule has 2 aliphatic heterocycles. The second-order valence-corrected chi connectivity index (χ2v) is 7.32. The third kappa shape index (κ3) is 4.43. The molecule has 3 rings (SSSR count). The molecule has 140 valence electrons. The van der Waals surface area contributed by atoms with Gasteiger partial charge in [-0.3, -0.25) is 4.90 Å². The summed E-state index contributed by atoms with van der Waals surface area (Å²) in [5, 5.41) is 10.9. The highest BCUT2D eigenvalue weighted by Gasteiger charge is 2.37. The number of methoxy groups -OCH3 is 2. The second kappa shape index (κ2) is 7.89. The molecule has 25 heavy (non-hydrogen) atoms. The van der Waals surface area contributed by atoms with Crippen molar-refractivity contribution in [3.05, 3.63) is 23.5 Å². The predicted molar refractivity (Wildman–Crippen MR) is 94.6 cm³/mol. The number of nitrogens with zero attached hydrogens (tertiary/aromatic N) is 2. The van der Waals surface area contributed by atoms with Crippen molar-refractivity contribution in [3.8, 4) is 11.5 Å². The van der Waals surface area contributed by atoms with Gasteiger partial charge in [0.05, 0.1) is 19.8 Å². The Balaban J connectivity index is 1.62. The maximum atomic E-state index is 14.3. The zero-order valence-corrected chi connectivity index (χ0v) is 15.3. The third-order valence-corrected chi connectivity index (χ3v) is 5.32. The first-order chi connectivity index (χ1) is 12.0. The van der Waals surface area contributed by atoms with Crippen molar-refractivity contribution >= 4 is 0 Å². The molecule has 2 aliphatic rings. The van der Waals surface area contributed by atoms with Gasteiger partial charge in [0.1, 0.15) is 5.82 Å². The SMILES string of the molecule is COc1cc(F)c(CN2CC[C@](O)(CN3CCCCC3)C2)cc1OC. The van der Waals surface area contributed by atoms with Gasteiger partial charge < -0.3 is 19.5 Å².